The van der Waals surface area contributed by atoms with Gasteiger partial charge in [0.05, 0.1) is 8.07 Å². The highest BCUT2D eigenvalue weighted by Crippen LogP contribution is 2.15. The molecule has 18 heavy (non-hydrogen) atoms. The second kappa shape index (κ2) is 10.6. The van der Waals surface area contributed by atoms with Crippen molar-refractivity contribution < 1.29 is 0 Å². The van der Waals surface area contributed by atoms with Crippen LogP contribution in [0, 0.1) is 0 Å². The monoisotopic (exact) mass is 266 g/mol. The van der Waals surface area contributed by atoms with Crippen LogP contribution in [0.2, 0.25) is 19.6 Å². The van der Waals surface area contributed by atoms with Crippen molar-refractivity contribution >= 4 is 8.07 Å². The van der Waals surface area contributed by atoms with Gasteiger partial charge < -0.3 is 0 Å². The summed E-state index contributed by atoms with van der Waals surface area (Å²) >= 11 is 0. The molecule has 1 heteroatoms. The van der Waals surface area contributed by atoms with E-state index < -0.39 is 8.07 Å². The van der Waals surface area contributed by atoms with Crippen LogP contribution in [-0.4, -0.2) is 8.07 Å². The average Bonchev–Trinajstić information content (AvgIpc) is 2.28. The van der Waals surface area contributed by atoms with Gasteiger partial charge in [-0.1, -0.05) is 82.6 Å². The standard InChI is InChI=1S/C17H34Si/c1-6-8-10-11-12-13-15-17(14-9-7-2)16-18(3,4)5/h13,15-16H,6-12,14H2,1-5H3. The molecule has 0 saturated heterocycles. The second-order valence-corrected chi connectivity index (χ2v) is 11.5. The van der Waals surface area contributed by atoms with Crippen molar-refractivity contribution in [2.45, 2.75) is 84.9 Å². The summed E-state index contributed by atoms with van der Waals surface area (Å²) in [4.78, 5) is 0. The molecular weight excluding hydrogens is 232 g/mol. The Labute approximate surface area is 117 Å². The van der Waals surface area contributed by atoms with Crippen molar-refractivity contribution in [2.24, 2.45) is 0 Å². The first kappa shape index (κ1) is 17.7. The predicted molar refractivity (Wildman–Crippen MR) is 88.9 cm³/mol. The van der Waals surface area contributed by atoms with Crippen LogP contribution in [0.15, 0.2) is 23.4 Å². The van der Waals surface area contributed by atoms with Crippen LogP contribution in [0.4, 0.5) is 0 Å². The highest BCUT2D eigenvalue weighted by molar-refractivity contribution is 6.81. The second-order valence-electron chi connectivity index (χ2n) is 6.44. The minimum atomic E-state index is -1.06. The Hall–Kier alpha value is -0.303. The Bertz CT molecular complexity index is 243. The molecule has 0 unspecified atom stereocenters. The Morgan fingerprint density at radius 3 is 2.11 bits per heavy atom. The van der Waals surface area contributed by atoms with Gasteiger partial charge in [0.15, 0.2) is 0 Å². The third-order valence-corrected chi connectivity index (χ3v) is 4.23. The van der Waals surface area contributed by atoms with Crippen LogP contribution in [0.1, 0.15) is 65.2 Å². The Kier molecular flexibility index (Phi) is 10.4. The predicted octanol–water partition coefficient (Wildman–Crippen LogP) is 6.51. The van der Waals surface area contributed by atoms with E-state index in [4.69, 9.17) is 0 Å². The molecule has 0 rings (SSSR count). The summed E-state index contributed by atoms with van der Waals surface area (Å²) in [5.74, 6) is 0. The normalized spacial score (nSPS) is 13.5. The minimum absolute atomic E-state index is 1.06. The van der Waals surface area contributed by atoms with Crippen molar-refractivity contribution in [3.8, 4) is 0 Å². The lowest BCUT2D eigenvalue weighted by atomic mass is 10.1. The lowest BCUT2D eigenvalue weighted by Crippen LogP contribution is -2.16. The molecule has 0 atom stereocenters. The van der Waals surface area contributed by atoms with Gasteiger partial charge in [0.1, 0.15) is 0 Å². The Balaban J connectivity index is 4.15. The lowest BCUT2D eigenvalue weighted by molar-refractivity contribution is 0.674. The third kappa shape index (κ3) is 12.2. The first-order chi connectivity index (χ1) is 8.49. The first-order valence-corrected chi connectivity index (χ1v) is 11.5. The van der Waals surface area contributed by atoms with Crippen LogP contribution in [0.25, 0.3) is 0 Å². The molecule has 0 aliphatic rings. The number of unbranched alkanes of at least 4 members (excludes halogenated alkanes) is 5. The van der Waals surface area contributed by atoms with Gasteiger partial charge in [0.2, 0.25) is 0 Å². The first-order valence-electron chi connectivity index (χ1n) is 7.88. The van der Waals surface area contributed by atoms with E-state index in [-0.39, 0.29) is 0 Å². The molecule has 0 aromatic carbocycles. The molecule has 0 fully saturated rings. The summed E-state index contributed by atoms with van der Waals surface area (Å²) < 4.78 is 0. The fraction of sp³-hybridized carbons (Fsp3) is 0.765. The Morgan fingerprint density at radius 1 is 0.889 bits per heavy atom. The van der Waals surface area contributed by atoms with E-state index in [9.17, 15) is 0 Å². The van der Waals surface area contributed by atoms with E-state index in [0.29, 0.717) is 0 Å². The summed E-state index contributed by atoms with van der Waals surface area (Å²) in [6.45, 7) is 11.8. The maximum Gasteiger partial charge on any atom is 0.0690 e. The topological polar surface area (TPSA) is 0 Å². The molecule has 0 saturated carbocycles. The molecule has 0 nitrogen and oxygen atoms in total. The van der Waals surface area contributed by atoms with Crippen LogP contribution in [0.5, 0.6) is 0 Å². The van der Waals surface area contributed by atoms with Crippen molar-refractivity contribution in [2.75, 3.05) is 0 Å². The van der Waals surface area contributed by atoms with Gasteiger partial charge in [0, 0.05) is 0 Å². The lowest BCUT2D eigenvalue weighted by Gasteiger charge is -2.12. The smallest absolute Gasteiger partial charge is 0.0690 e. The van der Waals surface area contributed by atoms with Crippen LogP contribution >= 0.6 is 0 Å². The van der Waals surface area contributed by atoms with E-state index in [1.54, 1.807) is 5.57 Å². The van der Waals surface area contributed by atoms with Gasteiger partial charge in [-0.25, -0.2) is 0 Å². The zero-order chi connectivity index (χ0) is 13.9. The molecule has 0 N–H and O–H groups in total. The van der Waals surface area contributed by atoms with Crippen LogP contribution in [-0.2, 0) is 0 Å². The van der Waals surface area contributed by atoms with Gasteiger partial charge in [0.25, 0.3) is 0 Å². The number of rotatable bonds is 10. The maximum atomic E-state index is 2.57. The number of hydrogen-bond acceptors (Lipinski definition) is 0. The van der Waals surface area contributed by atoms with E-state index in [1.807, 2.05) is 0 Å². The zero-order valence-corrected chi connectivity index (χ0v) is 14.4. The molecule has 106 valence electrons. The SMILES string of the molecule is CCCCCCC=CC(=C[Si](C)(C)C)CCCC. The highest BCUT2D eigenvalue weighted by atomic mass is 28.3. The van der Waals surface area contributed by atoms with E-state index >= 15 is 0 Å². The van der Waals surface area contributed by atoms with Crippen LogP contribution in [0.3, 0.4) is 0 Å². The molecule has 0 spiro atoms. The molecule has 0 radical (unpaired) electrons. The summed E-state index contributed by atoms with van der Waals surface area (Å²) in [6.07, 6.45) is 15.4. The molecule has 0 amide bonds. The summed E-state index contributed by atoms with van der Waals surface area (Å²) in [7, 11) is -1.06. The average molecular weight is 267 g/mol. The minimum Gasteiger partial charge on any atom is -0.0919 e. The van der Waals surface area contributed by atoms with Crippen LogP contribution < -0.4 is 0 Å². The molecule has 0 aliphatic heterocycles. The van der Waals surface area contributed by atoms with E-state index in [0.717, 1.165) is 0 Å². The summed E-state index contributed by atoms with van der Waals surface area (Å²) in [5, 5.41) is 0. The molecular formula is C17H34Si. The Morgan fingerprint density at radius 2 is 1.56 bits per heavy atom. The quantitative estimate of drug-likeness (QED) is 0.240. The number of hydrogen-bond donors (Lipinski definition) is 0. The number of allylic oxidation sites excluding steroid dienone is 3. The fourth-order valence-electron chi connectivity index (χ4n) is 2.06. The van der Waals surface area contributed by atoms with Crippen molar-refractivity contribution in [1.82, 2.24) is 0 Å². The van der Waals surface area contributed by atoms with Gasteiger partial charge in [-0.3, -0.25) is 0 Å². The van der Waals surface area contributed by atoms with E-state index in [1.165, 1.54) is 51.4 Å². The van der Waals surface area contributed by atoms with Gasteiger partial charge >= 0.3 is 0 Å². The summed E-state index contributed by atoms with van der Waals surface area (Å²) in [6, 6.07) is 0. The molecule has 0 bridgehead atoms. The summed E-state index contributed by atoms with van der Waals surface area (Å²) in [5.41, 5.74) is 4.16. The van der Waals surface area contributed by atoms with Gasteiger partial charge in [-0.05, 0) is 25.7 Å². The maximum absolute atomic E-state index is 2.57. The molecule has 0 aromatic rings. The van der Waals surface area contributed by atoms with Crippen molar-refractivity contribution in [3.63, 3.8) is 0 Å². The molecule has 0 heterocycles. The zero-order valence-electron chi connectivity index (χ0n) is 13.4. The largest absolute Gasteiger partial charge is 0.0919 e. The molecule has 0 aromatic heterocycles. The van der Waals surface area contributed by atoms with Gasteiger partial charge in [-0.15, -0.1) is 0 Å². The van der Waals surface area contributed by atoms with Crippen molar-refractivity contribution in [1.29, 1.82) is 0 Å². The van der Waals surface area contributed by atoms with E-state index in [2.05, 4.69) is 51.3 Å². The van der Waals surface area contributed by atoms with Gasteiger partial charge in [-0.2, -0.15) is 0 Å². The fourth-order valence-corrected chi connectivity index (χ4v) is 3.42. The van der Waals surface area contributed by atoms with Crippen molar-refractivity contribution in [3.05, 3.63) is 23.4 Å². The third-order valence-electron chi connectivity index (χ3n) is 2.99. The molecule has 0 aliphatic carbocycles. The highest BCUT2D eigenvalue weighted by Gasteiger charge is 2.09.